The summed E-state index contributed by atoms with van der Waals surface area (Å²) in [6, 6.07) is 7.29. The lowest BCUT2D eigenvalue weighted by atomic mass is 10.1. The maximum atomic E-state index is 11.4. The summed E-state index contributed by atoms with van der Waals surface area (Å²) in [7, 11) is 1.38. The van der Waals surface area contributed by atoms with Crippen LogP contribution in [-0.4, -0.2) is 24.1 Å². The van der Waals surface area contributed by atoms with Crippen molar-refractivity contribution in [1.82, 2.24) is 0 Å². The first kappa shape index (κ1) is 13.8. The number of rotatable bonds is 5. The Morgan fingerprint density at radius 1 is 1.29 bits per heavy atom. The Labute approximate surface area is 106 Å². The fourth-order valence-electron chi connectivity index (χ4n) is 1.34. The van der Waals surface area contributed by atoms with Gasteiger partial charge in [-0.25, -0.2) is 0 Å². The van der Waals surface area contributed by atoms with Crippen molar-refractivity contribution in [3.63, 3.8) is 0 Å². The number of hydrogen-bond acceptors (Lipinski definition) is 4. The van der Waals surface area contributed by atoms with Crippen LogP contribution < -0.4 is 0 Å². The molecule has 0 N–H and O–H groups in total. The van der Waals surface area contributed by atoms with Crippen LogP contribution in [0.5, 0.6) is 0 Å². The summed E-state index contributed by atoms with van der Waals surface area (Å²) in [5.41, 5.74) is 0.711. The van der Waals surface area contributed by atoms with Gasteiger partial charge in [0.05, 0.1) is 7.11 Å². The highest BCUT2D eigenvalue weighted by molar-refractivity contribution is 8.00. The van der Waals surface area contributed by atoms with Gasteiger partial charge in [-0.2, -0.15) is 0 Å². The van der Waals surface area contributed by atoms with E-state index in [2.05, 4.69) is 4.74 Å². The zero-order valence-corrected chi connectivity index (χ0v) is 11.0. The van der Waals surface area contributed by atoms with Gasteiger partial charge < -0.3 is 4.74 Å². The van der Waals surface area contributed by atoms with Gasteiger partial charge in [0.1, 0.15) is 5.25 Å². The quantitative estimate of drug-likeness (QED) is 0.459. The highest BCUT2D eigenvalue weighted by atomic mass is 32.2. The molecule has 17 heavy (non-hydrogen) atoms. The molecule has 4 heteroatoms. The van der Waals surface area contributed by atoms with Crippen LogP contribution in [0.25, 0.3) is 0 Å². The molecule has 1 atom stereocenters. The van der Waals surface area contributed by atoms with Crippen molar-refractivity contribution in [1.29, 1.82) is 0 Å². The molecular weight excluding hydrogens is 236 g/mol. The number of ether oxygens (including phenoxy) is 1. The molecule has 1 aromatic carbocycles. The van der Waals surface area contributed by atoms with Crippen molar-refractivity contribution in [2.24, 2.45) is 0 Å². The van der Waals surface area contributed by atoms with Gasteiger partial charge in [0.15, 0.2) is 5.78 Å². The standard InChI is InChI=1S/C13H16O3S/c1-4-12(14)10-5-7-11(8-6-10)17-9(2)13(15)16-3/h5-9H,4H2,1-3H3. The summed E-state index contributed by atoms with van der Waals surface area (Å²) < 4.78 is 4.65. The van der Waals surface area contributed by atoms with Crippen LogP contribution >= 0.6 is 11.8 Å². The molecule has 92 valence electrons. The number of hydrogen-bond donors (Lipinski definition) is 0. The van der Waals surface area contributed by atoms with Crippen LogP contribution in [0.15, 0.2) is 29.2 Å². The average Bonchev–Trinajstić information content (AvgIpc) is 2.37. The topological polar surface area (TPSA) is 43.4 Å². The zero-order valence-electron chi connectivity index (χ0n) is 10.2. The normalized spacial score (nSPS) is 11.9. The monoisotopic (exact) mass is 252 g/mol. The summed E-state index contributed by atoms with van der Waals surface area (Å²) in [6.07, 6.45) is 0.505. The number of carbonyl (C=O) groups is 2. The fourth-order valence-corrected chi connectivity index (χ4v) is 2.24. The molecule has 3 nitrogen and oxygen atoms in total. The molecule has 1 aromatic rings. The van der Waals surface area contributed by atoms with Gasteiger partial charge in [-0.1, -0.05) is 19.1 Å². The van der Waals surface area contributed by atoms with Crippen molar-refractivity contribution in [2.75, 3.05) is 7.11 Å². The second-order valence-electron chi connectivity index (χ2n) is 3.58. The second kappa shape index (κ2) is 6.45. The second-order valence-corrected chi connectivity index (χ2v) is 5.00. The van der Waals surface area contributed by atoms with E-state index in [1.165, 1.54) is 18.9 Å². The number of Topliss-reactive ketones (excluding diaryl/α,β-unsaturated/α-hetero) is 1. The third-order valence-electron chi connectivity index (χ3n) is 2.34. The first-order valence-corrected chi connectivity index (χ1v) is 6.34. The van der Waals surface area contributed by atoms with E-state index in [0.29, 0.717) is 12.0 Å². The summed E-state index contributed by atoms with van der Waals surface area (Å²) in [5, 5.41) is -0.243. The summed E-state index contributed by atoms with van der Waals surface area (Å²) >= 11 is 1.42. The first-order chi connectivity index (χ1) is 8.08. The number of ketones is 1. The van der Waals surface area contributed by atoms with Crippen LogP contribution in [0.4, 0.5) is 0 Å². The molecule has 0 saturated heterocycles. The molecule has 1 unspecified atom stereocenters. The molecule has 0 heterocycles. The van der Waals surface area contributed by atoms with Gasteiger partial charge >= 0.3 is 5.97 Å². The Morgan fingerprint density at radius 3 is 2.35 bits per heavy atom. The number of methoxy groups -OCH3 is 1. The predicted octanol–water partition coefficient (Wildman–Crippen LogP) is 2.93. The smallest absolute Gasteiger partial charge is 0.318 e. The average molecular weight is 252 g/mol. The van der Waals surface area contributed by atoms with Gasteiger partial charge in [-0.15, -0.1) is 11.8 Å². The van der Waals surface area contributed by atoms with E-state index in [9.17, 15) is 9.59 Å². The van der Waals surface area contributed by atoms with E-state index >= 15 is 0 Å². The van der Waals surface area contributed by atoms with Crippen molar-refractivity contribution >= 4 is 23.5 Å². The van der Waals surface area contributed by atoms with Crippen molar-refractivity contribution < 1.29 is 14.3 Å². The van der Waals surface area contributed by atoms with Gasteiger partial charge in [-0.05, 0) is 19.1 Å². The summed E-state index contributed by atoms with van der Waals surface area (Å²) in [6.45, 7) is 3.63. The van der Waals surface area contributed by atoms with E-state index in [1.807, 2.05) is 19.1 Å². The number of esters is 1. The summed E-state index contributed by atoms with van der Waals surface area (Å²) in [5.74, 6) is -0.119. The van der Waals surface area contributed by atoms with E-state index < -0.39 is 0 Å². The van der Waals surface area contributed by atoms with Crippen LogP contribution in [0.3, 0.4) is 0 Å². The Morgan fingerprint density at radius 2 is 1.88 bits per heavy atom. The molecule has 0 radical (unpaired) electrons. The molecule has 0 amide bonds. The lowest BCUT2D eigenvalue weighted by Gasteiger charge is -2.08. The summed E-state index contributed by atoms with van der Waals surface area (Å²) in [4.78, 5) is 23.6. The third-order valence-corrected chi connectivity index (χ3v) is 3.43. The molecule has 0 aliphatic heterocycles. The number of benzene rings is 1. The van der Waals surface area contributed by atoms with Crippen molar-refractivity contribution in [3.05, 3.63) is 29.8 Å². The van der Waals surface area contributed by atoms with E-state index in [4.69, 9.17) is 0 Å². The lowest BCUT2D eigenvalue weighted by Crippen LogP contribution is -2.14. The van der Waals surface area contributed by atoms with Gasteiger partial charge in [0, 0.05) is 16.9 Å². The third kappa shape index (κ3) is 3.89. The minimum Gasteiger partial charge on any atom is -0.468 e. The highest BCUT2D eigenvalue weighted by Gasteiger charge is 2.14. The van der Waals surface area contributed by atoms with Gasteiger partial charge in [-0.3, -0.25) is 9.59 Å². The minimum atomic E-state index is -0.247. The molecule has 0 bridgehead atoms. The largest absolute Gasteiger partial charge is 0.468 e. The predicted molar refractivity (Wildman–Crippen MR) is 68.4 cm³/mol. The lowest BCUT2D eigenvalue weighted by molar-refractivity contribution is -0.139. The van der Waals surface area contributed by atoms with E-state index in [0.717, 1.165) is 4.90 Å². The van der Waals surface area contributed by atoms with Gasteiger partial charge in [0.25, 0.3) is 0 Å². The molecule has 0 fully saturated rings. The first-order valence-electron chi connectivity index (χ1n) is 5.46. The Bertz CT molecular complexity index is 398. The molecule has 0 aliphatic carbocycles. The maximum absolute atomic E-state index is 11.4. The Kier molecular flexibility index (Phi) is 5.22. The van der Waals surface area contributed by atoms with Crippen LogP contribution in [0.2, 0.25) is 0 Å². The molecular formula is C13H16O3S. The molecule has 0 aliphatic rings. The number of carbonyl (C=O) groups excluding carboxylic acids is 2. The molecule has 1 rings (SSSR count). The van der Waals surface area contributed by atoms with E-state index in [1.54, 1.807) is 19.1 Å². The molecule has 0 aromatic heterocycles. The Hall–Kier alpha value is -1.29. The Balaban J connectivity index is 2.68. The number of thioether (sulfide) groups is 1. The van der Waals surface area contributed by atoms with E-state index in [-0.39, 0.29) is 17.0 Å². The van der Waals surface area contributed by atoms with Crippen LogP contribution in [0.1, 0.15) is 30.6 Å². The maximum Gasteiger partial charge on any atom is 0.318 e. The molecule has 0 saturated carbocycles. The SMILES string of the molecule is CCC(=O)c1ccc(SC(C)C(=O)OC)cc1. The van der Waals surface area contributed by atoms with Gasteiger partial charge in [0.2, 0.25) is 0 Å². The van der Waals surface area contributed by atoms with Crippen molar-refractivity contribution in [3.8, 4) is 0 Å². The molecule has 0 spiro atoms. The highest BCUT2D eigenvalue weighted by Crippen LogP contribution is 2.24. The minimum absolute atomic E-state index is 0.127. The fraction of sp³-hybridized carbons (Fsp3) is 0.385. The zero-order chi connectivity index (χ0) is 12.8. The van der Waals surface area contributed by atoms with Crippen LogP contribution in [-0.2, 0) is 9.53 Å². The van der Waals surface area contributed by atoms with Crippen LogP contribution in [0, 0.1) is 0 Å². The van der Waals surface area contributed by atoms with Crippen molar-refractivity contribution in [2.45, 2.75) is 30.4 Å².